The molecule has 0 aromatic carbocycles. The first-order chi connectivity index (χ1) is 11.8. The average molecular weight is 330 g/mol. The molecule has 4 rings (SSSR count). The molecule has 3 N–H and O–H groups in total. The molecule has 1 aliphatic heterocycles. The summed E-state index contributed by atoms with van der Waals surface area (Å²) in [5.41, 5.74) is 8.10. The van der Waals surface area contributed by atoms with E-state index in [-0.39, 0.29) is 6.10 Å². The molecule has 1 fully saturated rings. The first-order valence-electron chi connectivity index (χ1n) is 8.63. The molecule has 1 aliphatic carbocycles. The van der Waals surface area contributed by atoms with Crippen molar-refractivity contribution in [2.75, 3.05) is 24.2 Å². The minimum absolute atomic E-state index is 0.0344. The number of aromatic nitrogens is 4. The minimum Gasteiger partial charge on any atom is -0.369 e. The third-order valence-corrected chi connectivity index (χ3v) is 4.53. The number of fused-ring (bicyclic) bond motifs is 1. The van der Waals surface area contributed by atoms with Crippen LogP contribution in [0.2, 0.25) is 0 Å². The second-order valence-corrected chi connectivity index (χ2v) is 6.29. The molecule has 0 radical (unpaired) electrons. The van der Waals surface area contributed by atoms with Crippen LogP contribution in [0.25, 0.3) is 0 Å². The monoisotopic (exact) mass is 330 g/mol. The van der Waals surface area contributed by atoms with Crippen molar-refractivity contribution in [1.29, 1.82) is 0 Å². The van der Waals surface area contributed by atoms with Crippen LogP contribution in [0, 0.1) is 0 Å². The van der Waals surface area contributed by atoms with Crippen LogP contribution in [0.15, 0.2) is 4.52 Å². The van der Waals surface area contributed by atoms with Crippen LogP contribution in [0.5, 0.6) is 0 Å². The highest BCUT2D eigenvalue weighted by molar-refractivity contribution is 5.50. The van der Waals surface area contributed by atoms with E-state index in [2.05, 4.69) is 25.4 Å². The number of hydrogen-bond acceptors (Lipinski definition) is 8. The summed E-state index contributed by atoms with van der Waals surface area (Å²) in [4.78, 5) is 13.1. The predicted octanol–water partition coefficient (Wildman–Crippen LogP) is 1.83. The topological polar surface area (TPSA) is 112 Å². The van der Waals surface area contributed by atoms with Gasteiger partial charge in [-0.05, 0) is 38.5 Å². The van der Waals surface area contributed by atoms with Gasteiger partial charge < -0.3 is 20.3 Å². The van der Waals surface area contributed by atoms with E-state index in [0.717, 1.165) is 50.2 Å². The van der Waals surface area contributed by atoms with Crippen LogP contribution < -0.4 is 11.1 Å². The molecular weight excluding hydrogens is 308 g/mol. The Morgan fingerprint density at radius 2 is 2.04 bits per heavy atom. The van der Waals surface area contributed by atoms with Gasteiger partial charge in [-0.25, -0.2) is 4.98 Å². The smallest absolute Gasteiger partial charge is 0.255 e. The fourth-order valence-corrected chi connectivity index (χ4v) is 3.32. The van der Waals surface area contributed by atoms with E-state index in [1.54, 1.807) is 0 Å². The van der Waals surface area contributed by atoms with E-state index in [0.29, 0.717) is 30.6 Å². The summed E-state index contributed by atoms with van der Waals surface area (Å²) in [6, 6.07) is 0. The maximum atomic E-state index is 5.82. The normalized spacial score (nSPS) is 20.1. The summed E-state index contributed by atoms with van der Waals surface area (Å²) in [6.07, 6.45) is 6.94. The highest BCUT2D eigenvalue weighted by Gasteiger charge is 2.23. The highest BCUT2D eigenvalue weighted by atomic mass is 16.5. The number of aryl methyl sites for hydroxylation is 1. The zero-order valence-electron chi connectivity index (χ0n) is 13.6. The second kappa shape index (κ2) is 6.72. The molecule has 1 atom stereocenters. The summed E-state index contributed by atoms with van der Waals surface area (Å²) in [5.74, 6) is 2.45. The van der Waals surface area contributed by atoms with E-state index in [4.69, 9.17) is 15.0 Å². The van der Waals surface area contributed by atoms with Crippen LogP contribution in [-0.2, 0) is 24.0 Å². The van der Waals surface area contributed by atoms with Gasteiger partial charge in [0.25, 0.3) is 5.89 Å². The molecule has 0 unspecified atom stereocenters. The first kappa shape index (κ1) is 15.3. The van der Waals surface area contributed by atoms with Crippen molar-refractivity contribution in [3.8, 4) is 0 Å². The van der Waals surface area contributed by atoms with E-state index in [9.17, 15) is 0 Å². The van der Waals surface area contributed by atoms with E-state index < -0.39 is 0 Å². The molecular formula is C16H22N6O2. The van der Waals surface area contributed by atoms with E-state index in [1.807, 2.05) is 0 Å². The molecule has 8 heteroatoms. The van der Waals surface area contributed by atoms with Crippen molar-refractivity contribution >= 4 is 11.8 Å². The molecule has 0 bridgehead atoms. The van der Waals surface area contributed by atoms with Gasteiger partial charge in [0, 0.05) is 25.1 Å². The lowest BCUT2D eigenvalue weighted by Crippen LogP contribution is -2.16. The van der Waals surface area contributed by atoms with Crippen LogP contribution in [0.1, 0.15) is 54.8 Å². The zero-order chi connectivity index (χ0) is 16.4. The number of anilines is 2. The molecule has 2 aliphatic rings. The van der Waals surface area contributed by atoms with E-state index in [1.165, 1.54) is 12.0 Å². The average Bonchev–Trinajstić information content (AvgIpc) is 3.26. The van der Waals surface area contributed by atoms with Gasteiger partial charge in [-0.15, -0.1) is 0 Å². The van der Waals surface area contributed by atoms with Gasteiger partial charge in [0.15, 0.2) is 5.82 Å². The number of nitrogens with one attached hydrogen (secondary N) is 1. The third-order valence-electron chi connectivity index (χ3n) is 4.53. The van der Waals surface area contributed by atoms with E-state index >= 15 is 0 Å². The van der Waals surface area contributed by atoms with Crippen molar-refractivity contribution in [3.05, 3.63) is 23.0 Å². The van der Waals surface area contributed by atoms with Crippen molar-refractivity contribution in [2.45, 2.75) is 51.0 Å². The summed E-state index contributed by atoms with van der Waals surface area (Å²) >= 11 is 0. The number of rotatable bonds is 5. The van der Waals surface area contributed by atoms with Gasteiger partial charge in [0.1, 0.15) is 11.9 Å². The standard InChI is InChI=1S/C16H22N6O2/c17-16-19-11-5-2-1-4-10(11)14(21-16)18-8-7-13-20-15(24-22-13)12-6-3-9-23-12/h12H,1-9H2,(H3,17,18,19,21)/t12-/m1/s1. The summed E-state index contributed by atoms with van der Waals surface area (Å²) < 4.78 is 10.9. The van der Waals surface area contributed by atoms with Crippen LogP contribution in [-0.4, -0.2) is 33.3 Å². The lowest BCUT2D eigenvalue weighted by atomic mass is 9.96. The number of nitrogens with zero attached hydrogens (tertiary/aromatic N) is 4. The maximum absolute atomic E-state index is 5.82. The third kappa shape index (κ3) is 3.19. The molecule has 2 aromatic rings. The molecule has 128 valence electrons. The zero-order valence-corrected chi connectivity index (χ0v) is 13.6. The van der Waals surface area contributed by atoms with Crippen molar-refractivity contribution in [2.24, 2.45) is 0 Å². The van der Waals surface area contributed by atoms with Crippen molar-refractivity contribution in [3.63, 3.8) is 0 Å². The Morgan fingerprint density at radius 1 is 1.12 bits per heavy atom. The number of hydrogen-bond donors (Lipinski definition) is 2. The Morgan fingerprint density at radius 3 is 2.92 bits per heavy atom. The van der Waals surface area contributed by atoms with Gasteiger partial charge >= 0.3 is 0 Å². The van der Waals surface area contributed by atoms with Gasteiger partial charge in [-0.3, -0.25) is 0 Å². The molecule has 0 amide bonds. The first-order valence-corrected chi connectivity index (χ1v) is 8.63. The number of nitrogen functional groups attached to an aromatic ring is 1. The molecule has 8 nitrogen and oxygen atoms in total. The number of nitrogens with two attached hydrogens (primary N) is 1. The summed E-state index contributed by atoms with van der Waals surface area (Å²) in [6.45, 7) is 1.44. The van der Waals surface area contributed by atoms with Gasteiger partial charge in [0.05, 0.1) is 5.69 Å². The quantitative estimate of drug-likeness (QED) is 0.854. The SMILES string of the molecule is Nc1nc2c(c(NCCc3noc([C@H]4CCCO4)n3)n1)CCCC2. The Bertz CT molecular complexity index is 711. The molecule has 0 spiro atoms. The summed E-state index contributed by atoms with van der Waals surface area (Å²) in [7, 11) is 0. The molecule has 1 saturated heterocycles. The van der Waals surface area contributed by atoms with Gasteiger partial charge in [-0.1, -0.05) is 5.16 Å². The molecule has 3 heterocycles. The van der Waals surface area contributed by atoms with Crippen molar-refractivity contribution < 1.29 is 9.26 Å². The predicted molar refractivity (Wildman–Crippen MR) is 87.5 cm³/mol. The highest BCUT2D eigenvalue weighted by Crippen LogP contribution is 2.27. The molecule has 0 saturated carbocycles. The van der Waals surface area contributed by atoms with Crippen LogP contribution in [0.3, 0.4) is 0 Å². The van der Waals surface area contributed by atoms with Gasteiger partial charge in [-0.2, -0.15) is 9.97 Å². The lowest BCUT2D eigenvalue weighted by Gasteiger charge is -2.18. The lowest BCUT2D eigenvalue weighted by molar-refractivity contribution is 0.0835. The largest absolute Gasteiger partial charge is 0.369 e. The Labute approximate surface area is 140 Å². The fourth-order valence-electron chi connectivity index (χ4n) is 3.32. The Hall–Kier alpha value is -2.22. The minimum atomic E-state index is -0.0344. The fraction of sp³-hybridized carbons (Fsp3) is 0.625. The van der Waals surface area contributed by atoms with Crippen molar-refractivity contribution in [1.82, 2.24) is 20.1 Å². The number of ether oxygens (including phenoxy) is 1. The summed E-state index contributed by atoms with van der Waals surface area (Å²) in [5, 5.41) is 7.39. The Balaban J connectivity index is 1.38. The van der Waals surface area contributed by atoms with Crippen LogP contribution >= 0.6 is 0 Å². The van der Waals surface area contributed by atoms with Crippen LogP contribution in [0.4, 0.5) is 11.8 Å². The molecule has 2 aromatic heterocycles. The second-order valence-electron chi connectivity index (χ2n) is 6.29. The maximum Gasteiger partial charge on any atom is 0.255 e. The Kier molecular flexibility index (Phi) is 4.29. The van der Waals surface area contributed by atoms with Gasteiger partial charge in [0.2, 0.25) is 5.95 Å². The molecule has 24 heavy (non-hydrogen) atoms.